The van der Waals surface area contributed by atoms with Gasteiger partial charge in [-0.3, -0.25) is 4.98 Å². The third kappa shape index (κ3) is 3.68. The molecule has 0 spiro atoms. The molecule has 8 nitrogen and oxygen atoms in total. The van der Waals surface area contributed by atoms with Crippen LogP contribution in [0.25, 0.3) is 33.5 Å². The molecule has 0 N–H and O–H groups in total. The molecule has 0 aliphatic heterocycles. The summed E-state index contributed by atoms with van der Waals surface area (Å²) in [5.41, 5.74) is 3.64. The molecule has 4 aromatic heterocycles. The largest absolute Gasteiger partial charge is 0.318 e. The van der Waals surface area contributed by atoms with E-state index < -0.39 is 13.0 Å². The lowest BCUT2D eigenvalue weighted by atomic mass is 10.1. The molecule has 0 atom stereocenters. The Labute approximate surface area is 176 Å². The molecule has 0 amide bonds. The van der Waals surface area contributed by atoms with E-state index in [4.69, 9.17) is 0 Å². The second kappa shape index (κ2) is 7.28. The topological polar surface area (TPSA) is 99.3 Å². The highest BCUT2D eigenvalue weighted by Crippen LogP contribution is 2.35. The molecule has 1 aromatic carbocycles. The van der Waals surface area contributed by atoms with Crippen molar-refractivity contribution in [3.05, 3.63) is 66.4 Å². The Balaban J connectivity index is 1.52. The summed E-state index contributed by atoms with van der Waals surface area (Å²) in [4.78, 5) is 17.3. The molecule has 31 heavy (non-hydrogen) atoms. The van der Waals surface area contributed by atoms with Gasteiger partial charge in [0, 0.05) is 23.3 Å². The molecule has 4 heterocycles. The smallest absolute Gasteiger partial charge is 0.221 e. The zero-order valence-electron chi connectivity index (χ0n) is 16.8. The summed E-state index contributed by atoms with van der Waals surface area (Å²) in [6, 6.07) is 11.1. The highest BCUT2D eigenvalue weighted by molar-refractivity contribution is 7.69. The molecule has 0 fully saturated rings. The van der Waals surface area contributed by atoms with Crippen molar-refractivity contribution >= 4 is 34.8 Å². The van der Waals surface area contributed by atoms with E-state index in [-0.39, 0.29) is 5.44 Å². The number of rotatable bonds is 4. The van der Waals surface area contributed by atoms with Gasteiger partial charge in [0.05, 0.1) is 24.0 Å². The summed E-state index contributed by atoms with van der Waals surface area (Å²) < 4.78 is 28.3. The number of benzene rings is 1. The molecule has 0 unspecified atom stereocenters. The van der Waals surface area contributed by atoms with Crippen molar-refractivity contribution in [1.29, 1.82) is 0 Å². The van der Waals surface area contributed by atoms with Crippen molar-refractivity contribution in [2.45, 2.75) is 6.54 Å². The van der Waals surface area contributed by atoms with E-state index in [1.54, 1.807) is 10.9 Å². The van der Waals surface area contributed by atoms with Gasteiger partial charge in [0.15, 0.2) is 11.5 Å². The summed E-state index contributed by atoms with van der Waals surface area (Å²) >= 11 is 0. The van der Waals surface area contributed by atoms with Crippen LogP contribution in [0.4, 0.5) is 4.39 Å². The summed E-state index contributed by atoms with van der Waals surface area (Å²) in [7, 11) is -2.81. The number of nitrogens with zero attached hydrogens (tertiary/aromatic N) is 7. The first-order chi connectivity index (χ1) is 14.9. The molecular weight excluding hydrogens is 416 g/mol. The van der Waals surface area contributed by atoms with E-state index in [1.807, 2.05) is 30.3 Å². The first-order valence-electron chi connectivity index (χ1n) is 9.50. The molecule has 0 saturated carbocycles. The van der Waals surface area contributed by atoms with Crippen LogP contribution in [0.15, 0.2) is 55.0 Å². The average molecular weight is 433 g/mol. The van der Waals surface area contributed by atoms with Crippen molar-refractivity contribution in [2.75, 3.05) is 13.3 Å². The van der Waals surface area contributed by atoms with Gasteiger partial charge < -0.3 is 4.57 Å². The molecule has 154 valence electrons. The third-order valence-corrected chi connectivity index (χ3v) is 6.20. The lowest BCUT2D eigenvalue weighted by molar-refractivity contribution is 0.583. The Morgan fingerprint density at radius 1 is 1.06 bits per heavy atom. The fourth-order valence-corrected chi connectivity index (χ4v) is 4.28. The second-order valence-electron chi connectivity index (χ2n) is 7.56. The normalized spacial score (nSPS) is 12.0. The Bertz CT molecular complexity index is 1490. The van der Waals surface area contributed by atoms with Gasteiger partial charge in [0.25, 0.3) is 0 Å². The van der Waals surface area contributed by atoms with Gasteiger partial charge in [-0.15, -0.1) is 5.10 Å². The minimum absolute atomic E-state index is 0.0252. The van der Waals surface area contributed by atoms with Gasteiger partial charge in [0.1, 0.15) is 12.6 Å². The van der Waals surface area contributed by atoms with Gasteiger partial charge in [0.2, 0.25) is 5.65 Å². The molecule has 0 saturated heterocycles. The number of fused-ring (bicyclic) bond motifs is 2. The number of halogens is 1. The molecule has 0 bridgehead atoms. The van der Waals surface area contributed by atoms with E-state index in [9.17, 15) is 8.96 Å². The molecule has 0 aliphatic carbocycles. The third-order valence-electron chi connectivity index (χ3n) is 4.85. The summed E-state index contributed by atoms with van der Waals surface area (Å²) in [5.74, 6) is -0.621. The van der Waals surface area contributed by atoms with Crippen LogP contribution in [-0.4, -0.2) is 48.3 Å². The van der Waals surface area contributed by atoms with Gasteiger partial charge >= 0.3 is 0 Å². The first kappa shape index (κ1) is 19.4. The van der Waals surface area contributed by atoms with Crippen molar-refractivity contribution in [2.24, 2.45) is 0 Å². The molecule has 5 aromatic rings. The minimum atomic E-state index is -2.81. The summed E-state index contributed by atoms with van der Waals surface area (Å²) in [6.45, 7) is 3.41. The van der Waals surface area contributed by atoms with Crippen molar-refractivity contribution in [1.82, 2.24) is 34.9 Å². The first-order valence-corrected chi connectivity index (χ1v) is 12.1. The van der Waals surface area contributed by atoms with Crippen LogP contribution in [0.3, 0.4) is 0 Å². The van der Waals surface area contributed by atoms with Crippen LogP contribution >= 0.6 is 7.14 Å². The highest BCUT2D eigenvalue weighted by Gasteiger charge is 2.20. The maximum absolute atomic E-state index is 14.5. The molecule has 10 heteroatoms. The Hall–Kier alpha value is -3.58. The number of hydrogen-bond donors (Lipinski definition) is 0. The fraction of sp³-hybridized carbons (Fsp3) is 0.143. The summed E-state index contributed by atoms with van der Waals surface area (Å²) in [6.07, 6.45) is 4.71. The quantitative estimate of drug-likeness (QED) is 0.401. The monoisotopic (exact) mass is 433 g/mol. The Morgan fingerprint density at radius 3 is 2.74 bits per heavy atom. The van der Waals surface area contributed by atoms with E-state index in [0.717, 1.165) is 16.5 Å². The predicted octanol–water partition coefficient (Wildman–Crippen LogP) is 3.27. The zero-order valence-corrected chi connectivity index (χ0v) is 17.7. The maximum atomic E-state index is 14.5. The number of aromatic nitrogens is 7. The van der Waals surface area contributed by atoms with Crippen molar-refractivity contribution in [3.8, 4) is 11.3 Å². The van der Waals surface area contributed by atoms with Crippen LogP contribution in [0, 0.1) is 5.82 Å². The predicted molar refractivity (Wildman–Crippen MR) is 116 cm³/mol. The van der Waals surface area contributed by atoms with E-state index in [2.05, 4.69) is 30.2 Å². The standard InChI is InChI=1S/C21H17FN7OP/c1-31(2,30)21-16(22)9-15(10-25-21)18-11-24-19-20(26-18)29(28-27-19)12-13-5-6-17-14(8-13)4-3-7-23-17/h3-11H,12H2,1-2H3. The Kier molecular flexibility index (Phi) is 4.55. The average Bonchev–Trinajstić information content (AvgIpc) is 3.14. The van der Waals surface area contributed by atoms with Crippen LogP contribution in [-0.2, 0) is 11.1 Å². The van der Waals surface area contributed by atoms with E-state index in [1.165, 1.54) is 31.8 Å². The van der Waals surface area contributed by atoms with Crippen molar-refractivity contribution < 1.29 is 8.96 Å². The van der Waals surface area contributed by atoms with Crippen LogP contribution < -0.4 is 5.44 Å². The van der Waals surface area contributed by atoms with Gasteiger partial charge in [-0.1, -0.05) is 17.3 Å². The van der Waals surface area contributed by atoms with Crippen LogP contribution in [0.1, 0.15) is 5.56 Å². The fourth-order valence-electron chi connectivity index (χ4n) is 3.36. The molecule has 5 rings (SSSR count). The number of hydrogen-bond acceptors (Lipinski definition) is 7. The molecule has 0 radical (unpaired) electrons. The van der Waals surface area contributed by atoms with Crippen molar-refractivity contribution in [3.63, 3.8) is 0 Å². The lowest BCUT2D eigenvalue weighted by Gasteiger charge is -2.09. The lowest BCUT2D eigenvalue weighted by Crippen LogP contribution is -2.13. The van der Waals surface area contributed by atoms with E-state index >= 15 is 0 Å². The van der Waals surface area contributed by atoms with E-state index in [0.29, 0.717) is 29.1 Å². The van der Waals surface area contributed by atoms with Crippen LogP contribution in [0.5, 0.6) is 0 Å². The minimum Gasteiger partial charge on any atom is -0.318 e. The Morgan fingerprint density at radius 2 is 1.94 bits per heavy atom. The van der Waals surface area contributed by atoms with Gasteiger partial charge in [-0.05, 0) is 43.2 Å². The maximum Gasteiger partial charge on any atom is 0.221 e. The van der Waals surface area contributed by atoms with Gasteiger partial charge in [-0.2, -0.15) is 0 Å². The molecule has 0 aliphatic rings. The number of pyridine rings is 2. The highest BCUT2D eigenvalue weighted by atomic mass is 31.2. The summed E-state index contributed by atoms with van der Waals surface area (Å²) in [5, 5.41) is 9.27. The SMILES string of the molecule is CP(C)(=O)c1ncc(-c2cnc3nnn(Cc4ccc5ncccc5c4)c3n2)cc1F. The molecular formula is C21H17FN7OP. The van der Waals surface area contributed by atoms with Crippen LogP contribution in [0.2, 0.25) is 0 Å². The second-order valence-corrected chi connectivity index (χ2v) is 10.7. The van der Waals surface area contributed by atoms with Gasteiger partial charge in [-0.25, -0.2) is 24.0 Å². The zero-order chi connectivity index (χ0) is 21.6.